The summed E-state index contributed by atoms with van der Waals surface area (Å²) in [7, 11) is 1.68. The topological polar surface area (TPSA) is 42.3 Å². The van der Waals surface area contributed by atoms with Crippen molar-refractivity contribution in [3.63, 3.8) is 0 Å². The van der Waals surface area contributed by atoms with Gasteiger partial charge in [-0.15, -0.1) is 0 Å². The second-order valence-electron chi connectivity index (χ2n) is 7.99. The third kappa shape index (κ3) is 3.45. The number of benzene rings is 1. The van der Waals surface area contributed by atoms with Gasteiger partial charge in [0.05, 0.1) is 24.9 Å². The number of thiocarbonyl (C=S) groups is 1. The highest BCUT2D eigenvalue weighted by molar-refractivity contribution is 7.80. The average molecular weight is 421 g/mol. The fourth-order valence-electron chi connectivity index (χ4n) is 4.61. The standard InChI is InChI=1S/C24H28N4OS/c1-15(2)27-16(3)13-20(17(27)4)23-22(21-11-6-7-12-25-21)26-24(30)28(23)18-9-8-10-19(14-18)29-5/h6-15,22-23H,1-5H3,(H,26,30)/t22-,23-/m0/s1. The number of hydrogen-bond donors (Lipinski definition) is 1. The summed E-state index contributed by atoms with van der Waals surface area (Å²) >= 11 is 5.83. The van der Waals surface area contributed by atoms with Gasteiger partial charge in [-0.3, -0.25) is 4.98 Å². The molecule has 1 aliphatic heterocycles. The molecule has 0 amide bonds. The van der Waals surface area contributed by atoms with E-state index in [1.165, 1.54) is 17.0 Å². The van der Waals surface area contributed by atoms with E-state index in [2.05, 4.69) is 65.7 Å². The van der Waals surface area contributed by atoms with Gasteiger partial charge in [-0.05, 0) is 75.8 Å². The molecule has 0 unspecified atom stereocenters. The summed E-state index contributed by atoms with van der Waals surface area (Å²) in [5, 5.41) is 4.23. The lowest BCUT2D eigenvalue weighted by Crippen LogP contribution is -2.29. The number of anilines is 1. The molecule has 1 fully saturated rings. The molecule has 3 heterocycles. The van der Waals surface area contributed by atoms with Gasteiger partial charge in [0.1, 0.15) is 5.75 Å². The molecule has 1 saturated heterocycles. The fourth-order valence-corrected chi connectivity index (χ4v) is 4.95. The van der Waals surface area contributed by atoms with Crippen molar-refractivity contribution in [2.75, 3.05) is 12.0 Å². The Hall–Kier alpha value is -2.86. The highest BCUT2D eigenvalue weighted by atomic mass is 32.1. The molecule has 2 atom stereocenters. The lowest BCUT2D eigenvalue weighted by atomic mass is 9.96. The van der Waals surface area contributed by atoms with Crippen LogP contribution in [0.3, 0.4) is 0 Å². The van der Waals surface area contributed by atoms with Crippen LogP contribution in [-0.2, 0) is 0 Å². The van der Waals surface area contributed by atoms with Gasteiger partial charge in [0.2, 0.25) is 0 Å². The predicted molar refractivity (Wildman–Crippen MR) is 125 cm³/mol. The first kappa shape index (κ1) is 20.4. The Bertz CT molecular complexity index is 1060. The Morgan fingerprint density at radius 1 is 1.10 bits per heavy atom. The Balaban J connectivity index is 1.89. The summed E-state index contributed by atoms with van der Waals surface area (Å²) in [4.78, 5) is 6.84. The Labute approximate surface area is 183 Å². The first-order valence-electron chi connectivity index (χ1n) is 10.3. The molecule has 3 aromatic rings. The number of nitrogens with zero attached hydrogens (tertiary/aromatic N) is 3. The van der Waals surface area contributed by atoms with Crippen molar-refractivity contribution < 1.29 is 4.74 Å². The minimum Gasteiger partial charge on any atom is -0.497 e. The largest absolute Gasteiger partial charge is 0.497 e. The van der Waals surface area contributed by atoms with E-state index in [9.17, 15) is 0 Å². The van der Waals surface area contributed by atoms with Crippen LogP contribution in [0.1, 0.15) is 54.6 Å². The van der Waals surface area contributed by atoms with Gasteiger partial charge in [-0.25, -0.2) is 0 Å². The van der Waals surface area contributed by atoms with Crippen LogP contribution in [0.4, 0.5) is 5.69 Å². The van der Waals surface area contributed by atoms with Gasteiger partial charge in [-0.1, -0.05) is 12.1 Å². The van der Waals surface area contributed by atoms with E-state index in [0.29, 0.717) is 11.2 Å². The Kier molecular flexibility index (Phi) is 5.52. The van der Waals surface area contributed by atoms with Crippen LogP contribution in [0.25, 0.3) is 0 Å². The number of aryl methyl sites for hydroxylation is 1. The van der Waals surface area contributed by atoms with E-state index in [1.54, 1.807) is 7.11 Å². The minimum atomic E-state index is -0.0500. The molecule has 0 bridgehead atoms. The first-order valence-corrected chi connectivity index (χ1v) is 10.7. The lowest BCUT2D eigenvalue weighted by molar-refractivity contribution is 0.415. The van der Waals surface area contributed by atoms with Crippen LogP contribution in [-0.4, -0.2) is 21.8 Å². The van der Waals surface area contributed by atoms with Gasteiger partial charge in [-0.2, -0.15) is 0 Å². The monoisotopic (exact) mass is 420 g/mol. The average Bonchev–Trinajstić information content (AvgIpc) is 3.24. The van der Waals surface area contributed by atoms with Gasteiger partial charge in [0.15, 0.2) is 5.11 Å². The van der Waals surface area contributed by atoms with Crippen molar-refractivity contribution >= 4 is 23.0 Å². The number of hydrogen-bond acceptors (Lipinski definition) is 3. The van der Waals surface area contributed by atoms with Gasteiger partial charge < -0.3 is 19.5 Å². The first-order chi connectivity index (χ1) is 14.4. The lowest BCUT2D eigenvalue weighted by Gasteiger charge is -2.28. The van der Waals surface area contributed by atoms with Crippen LogP contribution in [0.2, 0.25) is 0 Å². The number of rotatable bonds is 5. The van der Waals surface area contributed by atoms with E-state index in [4.69, 9.17) is 17.0 Å². The van der Waals surface area contributed by atoms with Gasteiger partial charge >= 0.3 is 0 Å². The molecule has 4 rings (SSSR count). The molecular weight excluding hydrogens is 392 g/mol. The highest BCUT2D eigenvalue weighted by Gasteiger charge is 2.42. The van der Waals surface area contributed by atoms with Crippen molar-refractivity contribution in [2.24, 2.45) is 0 Å². The molecule has 0 aliphatic carbocycles. The van der Waals surface area contributed by atoms with E-state index < -0.39 is 0 Å². The number of nitrogens with one attached hydrogen (secondary N) is 1. The van der Waals surface area contributed by atoms with Crippen molar-refractivity contribution in [1.29, 1.82) is 0 Å². The number of methoxy groups -OCH3 is 1. The summed E-state index contributed by atoms with van der Waals surface area (Å²) < 4.78 is 7.86. The zero-order valence-corrected chi connectivity index (χ0v) is 18.9. The highest BCUT2D eigenvalue weighted by Crippen LogP contribution is 2.44. The molecule has 2 aromatic heterocycles. The molecule has 30 heavy (non-hydrogen) atoms. The number of aromatic nitrogens is 2. The van der Waals surface area contributed by atoms with Crippen LogP contribution in [0.5, 0.6) is 5.75 Å². The number of pyridine rings is 1. The molecule has 0 spiro atoms. The second-order valence-corrected chi connectivity index (χ2v) is 8.38. The molecule has 1 aromatic carbocycles. The third-order valence-corrected chi connectivity index (χ3v) is 6.10. The molecule has 6 heteroatoms. The zero-order valence-electron chi connectivity index (χ0n) is 18.1. The Morgan fingerprint density at radius 2 is 1.90 bits per heavy atom. The zero-order chi connectivity index (χ0) is 21.4. The van der Waals surface area contributed by atoms with Crippen LogP contribution in [0, 0.1) is 13.8 Å². The maximum Gasteiger partial charge on any atom is 0.174 e. The molecule has 0 saturated carbocycles. The van der Waals surface area contributed by atoms with Gasteiger partial charge in [0, 0.05) is 35.4 Å². The van der Waals surface area contributed by atoms with E-state index in [0.717, 1.165) is 17.1 Å². The molecule has 5 nitrogen and oxygen atoms in total. The summed E-state index contributed by atoms with van der Waals surface area (Å²) in [5.41, 5.74) is 5.75. The Morgan fingerprint density at radius 3 is 2.53 bits per heavy atom. The summed E-state index contributed by atoms with van der Waals surface area (Å²) in [6.45, 7) is 8.81. The second kappa shape index (κ2) is 8.11. The molecule has 1 N–H and O–H groups in total. The third-order valence-electron chi connectivity index (χ3n) is 5.79. The van der Waals surface area contributed by atoms with Crippen molar-refractivity contribution in [2.45, 2.75) is 45.8 Å². The summed E-state index contributed by atoms with van der Waals surface area (Å²) in [5.74, 6) is 0.808. The van der Waals surface area contributed by atoms with Gasteiger partial charge in [0.25, 0.3) is 0 Å². The normalized spacial score (nSPS) is 18.7. The van der Waals surface area contributed by atoms with Crippen LogP contribution in [0.15, 0.2) is 54.7 Å². The van der Waals surface area contributed by atoms with Crippen LogP contribution >= 0.6 is 12.2 Å². The van der Waals surface area contributed by atoms with E-state index in [1.807, 2.05) is 36.5 Å². The smallest absolute Gasteiger partial charge is 0.174 e. The quantitative estimate of drug-likeness (QED) is 0.570. The minimum absolute atomic E-state index is 0.0155. The van der Waals surface area contributed by atoms with E-state index in [-0.39, 0.29) is 12.1 Å². The van der Waals surface area contributed by atoms with Crippen molar-refractivity contribution in [3.8, 4) is 5.75 Å². The maximum absolute atomic E-state index is 5.83. The predicted octanol–water partition coefficient (Wildman–Crippen LogP) is 5.27. The molecule has 156 valence electrons. The molecule has 1 aliphatic rings. The molecule has 0 radical (unpaired) electrons. The number of ether oxygens (including phenoxy) is 1. The molecular formula is C24H28N4OS. The van der Waals surface area contributed by atoms with E-state index >= 15 is 0 Å². The summed E-state index contributed by atoms with van der Waals surface area (Å²) in [6.07, 6.45) is 1.84. The maximum atomic E-state index is 5.83. The van der Waals surface area contributed by atoms with Crippen molar-refractivity contribution in [3.05, 3.63) is 77.4 Å². The fraction of sp³-hybridized carbons (Fsp3) is 0.333. The SMILES string of the molecule is COc1cccc(N2C(=S)N[C@@H](c3ccccn3)[C@@H]2c2cc(C)n(C(C)C)c2C)c1. The summed E-state index contributed by atoms with van der Waals surface area (Å²) in [6, 6.07) is 16.7. The van der Waals surface area contributed by atoms with Crippen molar-refractivity contribution in [1.82, 2.24) is 14.9 Å². The van der Waals surface area contributed by atoms with Crippen LogP contribution < -0.4 is 15.0 Å².